The number of rotatable bonds is 1. The van der Waals surface area contributed by atoms with Gasteiger partial charge in [0.05, 0.1) is 5.70 Å². The van der Waals surface area contributed by atoms with Crippen LogP contribution in [0.15, 0.2) is 29.7 Å². The van der Waals surface area contributed by atoms with Crippen LogP contribution in [-0.4, -0.2) is 22.5 Å². The van der Waals surface area contributed by atoms with Gasteiger partial charge < -0.3 is 28.2 Å². The molecule has 1 aromatic carbocycles. The van der Waals surface area contributed by atoms with Crippen LogP contribution in [0, 0.1) is 19.1 Å². The van der Waals surface area contributed by atoms with E-state index in [0.717, 1.165) is 24.8 Å². The summed E-state index contributed by atoms with van der Waals surface area (Å²) < 4.78 is 0. The molecule has 3 rings (SSSR count). The zero-order chi connectivity index (χ0) is 13.4. The van der Waals surface area contributed by atoms with Crippen LogP contribution in [0.1, 0.15) is 30.4 Å². The number of amides is 1. The van der Waals surface area contributed by atoms with Gasteiger partial charge in [-0.3, -0.25) is 16.4 Å². The minimum Gasteiger partial charge on any atom is -0.505 e. The molecular formula is C16H15NO2WY-2. The summed E-state index contributed by atoms with van der Waals surface area (Å²) in [5, 5.41) is 10.4. The number of aliphatic hydroxyl groups excluding tert-OH is 1. The summed E-state index contributed by atoms with van der Waals surface area (Å²) in [5.74, 6) is -0.0198. The molecule has 2 aliphatic rings. The number of hydrogen-bond acceptors (Lipinski definition) is 2. The van der Waals surface area contributed by atoms with Gasteiger partial charge in [-0.25, -0.2) is 5.56 Å². The molecule has 1 amide bonds. The van der Waals surface area contributed by atoms with Crippen LogP contribution in [0.2, 0.25) is 0 Å². The average Bonchev–Trinajstić information content (AvgIpc) is 2.61. The van der Waals surface area contributed by atoms with E-state index < -0.39 is 0 Å². The Bertz CT molecular complexity index is 610. The Hall–Kier alpha value is -0.238. The Morgan fingerprint density at radius 2 is 2.10 bits per heavy atom. The topological polar surface area (TPSA) is 40.5 Å². The van der Waals surface area contributed by atoms with Crippen molar-refractivity contribution in [2.24, 2.45) is 0 Å². The molecule has 1 radical (unpaired) electrons. The van der Waals surface area contributed by atoms with E-state index in [4.69, 9.17) is 0 Å². The maximum absolute atomic E-state index is 12.5. The molecular weight excluding hydrogens is 511 g/mol. The van der Waals surface area contributed by atoms with Gasteiger partial charge in [0.15, 0.2) is 0 Å². The standard InChI is InChI=1S/C16H15NO2.W.Y/c1-11-7-4-5-8-12(11)14-15(18)13-9-3-2-6-10-17(13)16(14)19;;/h5,7,9,18H,2-3,6,10H2,1H3;;/q-2;;. The summed E-state index contributed by atoms with van der Waals surface area (Å²) in [6, 6.07) is 9.39. The molecule has 2 aliphatic heterocycles. The van der Waals surface area contributed by atoms with E-state index in [1.807, 2.05) is 13.0 Å². The molecule has 1 N–H and O–H groups in total. The molecule has 3 nitrogen and oxygen atoms in total. The third-order valence-electron chi connectivity index (χ3n) is 3.65. The van der Waals surface area contributed by atoms with Gasteiger partial charge in [-0.15, -0.1) is 6.92 Å². The summed E-state index contributed by atoms with van der Waals surface area (Å²) in [6.45, 7) is 2.57. The first-order valence-corrected chi connectivity index (χ1v) is 6.54. The number of carbonyl (C=O) groups excluding carboxylic acids is 1. The maximum atomic E-state index is 12.5. The van der Waals surface area contributed by atoms with Crippen molar-refractivity contribution in [2.75, 3.05) is 6.54 Å². The number of aryl methyl sites for hydroxylation is 1. The van der Waals surface area contributed by atoms with Crippen LogP contribution in [0.25, 0.3) is 5.57 Å². The van der Waals surface area contributed by atoms with Gasteiger partial charge in [-0.2, -0.15) is 0 Å². The molecule has 0 bridgehead atoms. The Morgan fingerprint density at radius 1 is 1.33 bits per heavy atom. The Labute approximate surface area is 164 Å². The van der Waals surface area contributed by atoms with Gasteiger partial charge >= 0.3 is 0 Å². The van der Waals surface area contributed by atoms with Crippen LogP contribution >= 0.6 is 0 Å². The van der Waals surface area contributed by atoms with Crippen molar-refractivity contribution >= 4 is 11.5 Å². The molecule has 0 aromatic heterocycles. The predicted octanol–water partition coefficient (Wildman–Crippen LogP) is 2.77. The number of aliphatic hydroxyl groups is 1. The van der Waals surface area contributed by atoms with E-state index in [2.05, 4.69) is 12.1 Å². The SMILES string of the molecule is Cc1c[c-]c[c-]c1C1=C(O)C2=CCCCCN2C1=O.[W].[Y]. The number of hydrogen-bond donors (Lipinski definition) is 1. The van der Waals surface area contributed by atoms with Crippen molar-refractivity contribution < 1.29 is 63.7 Å². The molecule has 1 aromatic rings. The first kappa shape index (κ1) is 18.8. The summed E-state index contributed by atoms with van der Waals surface area (Å²) >= 11 is 0. The van der Waals surface area contributed by atoms with Gasteiger partial charge in [-0.1, -0.05) is 6.08 Å². The Balaban J connectivity index is 0.00000110. The Kier molecular flexibility index (Phi) is 7.03. The van der Waals surface area contributed by atoms with Crippen LogP contribution in [0.3, 0.4) is 0 Å². The number of allylic oxidation sites excluding steroid dienone is 1. The zero-order valence-electron chi connectivity index (χ0n) is 11.8. The second kappa shape index (κ2) is 7.85. The monoisotopic (exact) mass is 526 g/mol. The molecule has 0 saturated heterocycles. The van der Waals surface area contributed by atoms with E-state index >= 15 is 0 Å². The minimum absolute atomic E-state index is 0. The first-order valence-electron chi connectivity index (χ1n) is 6.54. The fourth-order valence-corrected chi connectivity index (χ4v) is 2.64. The third kappa shape index (κ3) is 3.41. The molecule has 21 heavy (non-hydrogen) atoms. The zero-order valence-corrected chi connectivity index (χ0v) is 17.6. The summed E-state index contributed by atoms with van der Waals surface area (Å²) in [4.78, 5) is 14.2. The van der Waals surface area contributed by atoms with E-state index in [-0.39, 0.29) is 65.4 Å². The van der Waals surface area contributed by atoms with E-state index in [9.17, 15) is 9.90 Å². The van der Waals surface area contributed by atoms with Crippen LogP contribution in [0.5, 0.6) is 0 Å². The van der Waals surface area contributed by atoms with Crippen molar-refractivity contribution in [2.45, 2.75) is 26.2 Å². The largest absolute Gasteiger partial charge is 0.505 e. The smallest absolute Gasteiger partial charge is 0.258 e. The molecule has 0 fully saturated rings. The van der Waals surface area contributed by atoms with Gasteiger partial charge in [-0.05, 0) is 19.3 Å². The molecule has 5 heteroatoms. The van der Waals surface area contributed by atoms with Crippen molar-refractivity contribution in [3.63, 3.8) is 0 Å². The van der Waals surface area contributed by atoms with Crippen LogP contribution in [-0.2, 0) is 58.6 Å². The summed E-state index contributed by atoms with van der Waals surface area (Å²) in [7, 11) is 0. The predicted molar refractivity (Wildman–Crippen MR) is 72.0 cm³/mol. The van der Waals surface area contributed by atoms with E-state index in [0.29, 0.717) is 23.4 Å². The molecule has 107 valence electrons. The first-order chi connectivity index (χ1) is 9.20. The second-order valence-corrected chi connectivity index (χ2v) is 4.92. The number of nitrogens with zero attached hydrogens (tertiary/aromatic N) is 1. The van der Waals surface area contributed by atoms with Gasteiger partial charge in [0.25, 0.3) is 5.91 Å². The summed E-state index contributed by atoms with van der Waals surface area (Å²) in [6.07, 6.45) is 4.89. The average molecular weight is 526 g/mol. The number of fused-ring (bicyclic) bond motifs is 1. The van der Waals surface area contributed by atoms with Crippen molar-refractivity contribution in [1.82, 2.24) is 4.90 Å². The van der Waals surface area contributed by atoms with Crippen LogP contribution in [0.4, 0.5) is 0 Å². The quantitative estimate of drug-likeness (QED) is 0.573. The summed E-state index contributed by atoms with van der Waals surface area (Å²) in [5.41, 5.74) is 2.61. The fraction of sp³-hybridized carbons (Fsp3) is 0.312. The van der Waals surface area contributed by atoms with Gasteiger partial charge in [0.2, 0.25) is 0 Å². The number of benzene rings is 1. The molecule has 0 saturated carbocycles. The fourth-order valence-electron chi connectivity index (χ4n) is 2.64. The van der Waals surface area contributed by atoms with E-state index in [1.54, 1.807) is 17.0 Å². The van der Waals surface area contributed by atoms with Crippen molar-refractivity contribution in [3.8, 4) is 0 Å². The third-order valence-corrected chi connectivity index (χ3v) is 3.65. The normalized spacial score (nSPS) is 17.5. The van der Waals surface area contributed by atoms with Crippen molar-refractivity contribution in [1.29, 1.82) is 0 Å². The van der Waals surface area contributed by atoms with Gasteiger partial charge in [0.1, 0.15) is 5.76 Å². The number of carbonyl (C=O) groups is 1. The second-order valence-electron chi connectivity index (χ2n) is 4.92. The molecule has 0 atom stereocenters. The van der Waals surface area contributed by atoms with Crippen LogP contribution < -0.4 is 0 Å². The van der Waals surface area contributed by atoms with Gasteiger partial charge in [0, 0.05) is 65.9 Å². The van der Waals surface area contributed by atoms with Crippen molar-refractivity contribution in [3.05, 3.63) is 52.9 Å². The maximum Gasteiger partial charge on any atom is 0.258 e. The molecule has 0 aliphatic carbocycles. The Morgan fingerprint density at radius 3 is 2.81 bits per heavy atom. The van der Waals surface area contributed by atoms with E-state index in [1.165, 1.54) is 0 Å². The molecule has 0 spiro atoms. The minimum atomic E-state index is -0.115. The molecule has 2 heterocycles. The molecule has 0 unspecified atom stereocenters.